The van der Waals surface area contributed by atoms with Gasteiger partial charge in [0.1, 0.15) is 0 Å². The van der Waals surface area contributed by atoms with Gasteiger partial charge in [0.2, 0.25) is 0 Å². The van der Waals surface area contributed by atoms with Gasteiger partial charge in [-0.25, -0.2) is 0 Å². The van der Waals surface area contributed by atoms with Gasteiger partial charge in [-0.1, -0.05) is 0 Å². The molecule has 0 aliphatic rings. The lowest BCUT2D eigenvalue weighted by Gasteiger charge is -2.10. The Morgan fingerprint density at radius 3 is 2.33 bits per heavy atom. The van der Waals surface area contributed by atoms with E-state index < -0.39 is 0 Å². The molecule has 0 saturated heterocycles. The van der Waals surface area contributed by atoms with Crippen molar-refractivity contribution in [3.05, 3.63) is 0 Å². The number of methoxy groups -OCH3 is 2. The Hall–Kier alpha value is -0.410. The summed E-state index contributed by atoms with van der Waals surface area (Å²) in [5.41, 5.74) is 0. The third-order valence-electron chi connectivity index (χ3n) is 1.07. The van der Waals surface area contributed by atoms with Crippen LogP contribution in [0.4, 0.5) is 0 Å². The van der Waals surface area contributed by atoms with Gasteiger partial charge in [0.05, 0.1) is 0 Å². The summed E-state index contributed by atoms with van der Waals surface area (Å²) < 4.78 is 9.75. The van der Waals surface area contributed by atoms with Gasteiger partial charge in [-0.3, -0.25) is 0 Å². The smallest absolute Gasteiger partial charge is 0.157 e. The van der Waals surface area contributed by atoms with E-state index in [2.05, 4.69) is 0 Å². The van der Waals surface area contributed by atoms with E-state index in [1.807, 2.05) is 0 Å². The highest BCUT2D eigenvalue weighted by molar-refractivity contribution is 5.52. The van der Waals surface area contributed by atoms with Crippen molar-refractivity contribution in [3.8, 4) is 0 Å². The van der Waals surface area contributed by atoms with Crippen molar-refractivity contribution in [2.75, 3.05) is 14.2 Å². The molecule has 0 heterocycles. The topological polar surface area (TPSA) is 42.3 Å². The van der Waals surface area contributed by atoms with Crippen LogP contribution >= 0.6 is 0 Å². The third kappa shape index (κ3) is 4.12. The first-order chi connectivity index (χ1) is 4.35. The summed E-state index contributed by atoms with van der Waals surface area (Å²) in [5, 5.41) is 6.71. The molecule has 0 rings (SSSR count). The van der Waals surface area contributed by atoms with E-state index in [4.69, 9.17) is 14.9 Å². The third-order valence-corrected chi connectivity index (χ3v) is 1.07. The van der Waals surface area contributed by atoms with Crippen LogP contribution in [-0.2, 0) is 9.47 Å². The molecule has 0 unspecified atom stereocenters. The Kier molecular flexibility index (Phi) is 5.46. The van der Waals surface area contributed by atoms with Crippen LogP contribution in [-0.4, -0.2) is 26.7 Å². The summed E-state index contributed by atoms with van der Waals surface area (Å²) in [5.74, 6) is 0. The highest BCUT2D eigenvalue weighted by Crippen LogP contribution is 1.98. The lowest BCUT2D eigenvalue weighted by molar-refractivity contribution is -0.104. The predicted molar refractivity (Wildman–Crippen MR) is 35.8 cm³/mol. The average molecular weight is 131 g/mol. The van der Waals surface area contributed by atoms with Crippen molar-refractivity contribution >= 4 is 6.21 Å². The minimum atomic E-state index is -0.147. The maximum atomic E-state index is 6.71. The molecule has 0 aliphatic carbocycles. The monoisotopic (exact) mass is 131 g/mol. The first-order valence-corrected chi connectivity index (χ1v) is 2.89. The molecule has 1 N–H and O–H groups in total. The number of hydrogen-bond acceptors (Lipinski definition) is 3. The highest BCUT2D eigenvalue weighted by atomic mass is 16.7. The minimum Gasteiger partial charge on any atom is -0.356 e. The molecule has 0 radical (unpaired) electrons. The van der Waals surface area contributed by atoms with Gasteiger partial charge in [0.25, 0.3) is 0 Å². The molecule has 0 aromatic heterocycles. The largest absolute Gasteiger partial charge is 0.356 e. The average Bonchev–Trinajstić information content (AvgIpc) is 1.91. The van der Waals surface area contributed by atoms with Crippen LogP contribution in [0.3, 0.4) is 0 Å². The molecule has 0 amide bonds. The molecule has 3 heteroatoms. The normalized spacial score (nSPS) is 10.1. The molecule has 9 heavy (non-hydrogen) atoms. The lowest BCUT2D eigenvalue weighted by atomic mass is 10.3. The van der Waals surface area contributed by atoms with Crippen LogP contribution in [0.15, 0.2) is 0 Å². The summed E-state index contributed by atoms with van der Waals surface area (Å²) in [6, 6.07) is 0. The fourth-order valence-electron chi connectivity index (χ4n) is 0.551. The fraction of sp³-hybridized carbons (Fsp3) is 0.833. The van der Waals surface area contributed by atoms with Crippen molar-refractivity contribution in [3.63, 3.8) is 0 Å². The van der Waals surface area contributed by atoms with Crippen LogP contribution in [0.1, 0.15) is 12.8 Å². The molecular formula is C6H13NO2. The van der Waals surface area contributed by atoms with Crippen molar-refractivity contribution in [1.82, 2.24) is 0 Å². The molecule has 0 spiro atoms. The van der Waals surface area contributed by atoms with Crippen molar-refractivity contribution < 1.29 is 9.47 Å². The second-order valence-corrected chi connectivity index (χ2v) is 1.68. The number of rotatable bonds is 5. The molecular weight excluding hydrogens is 118 g/mol. The van der Waals surface area contributed by atoms with Crippen molar-refractivity contribution in [2.45, 2.75) is 19.1 Å². The van der Waals surface area contributed by atoms with Crippen LogP contribution in [0.5, 0.6) is 0 Å². The second-order valence-electron chi connectivity index (χ2n) is 1.68. The van der Waals surface area contributed by atoms with Gasteiger partial charge < -0.3 is 14.9 Å². The number of hydrogen-bond donors (Lipinski definition) is 1. The van der Waals surface area contributed by atoms with Crippen LogP contribution < -0.4 is 0 Å². The molecule has 54 valence electrons. The van der Waals surface area contributed by atoms with E-state index in [1.54, 1.807) is 14.2 Å². The molecule has 0 atom stereocenters. The maximum Gasteiger partial charge on any atom is 0.157 e. The van der Waals surface area contributed by atoms with E-state index in [9.17, 15) is 0 Å². The molecule has 3 nitrogen and oxygen atoms in total. The summed E-state index contributed by atoms with van der Waals surface area (Å²) in [6.07, 6.45) is 2.68. The summed E-state index contributed by atoms with van der Waals surface area (Å²) in [7, 11) is 3.19. The fourth-order valence-corrected chi connectivity index (χ4v) is 0.551. The van der Waals surface area contributed by atoms with E-state index in [1.165, 1.54) is 6.21 Å². The zero-order valence-electron chi connectivity index (χ0n) is 5.89. The predicted octanol–water partition coefficient (Wildman–Crippen LogP) is 1.04. The van der Waals surface area contributed by atoms with E-state index in [0.29, 0.717) is 6.42 Å². The number of ether oxygens (including phenoxy) is 2. The minimum absolute atomic E-state index is 0.147. The summed E-state index contributed by atoms with van der Waals surface area (Å²) in [6.45, 7) is 0. The van der Waals surface area contributed by atoms with Gasteiger partial charge in [0, 0.05) is 20.6 Å². The summed E-state index contributed by atoms with van der Waals surface area (Å²) >= 11 is 0. The Bertz CT molecular complexity index is 71.5. The first-order valence-electron chi connectivity index (χ1n) is 2.89. The summed E-state index contributed by atoms with van der Waals surface area (Å²) in [4.78, 5) is 0. The van der Waals surface area contributed by atoms with E-state index in [-0.39, 0.29) is 6.29 Å². The zero-order chi connectivity index (χ0) is 7.11. The highest BCUT2D eigenvalue weighted by Gasteiger charge is 2.01. The van der Waals surface area contributed by atoms with Gasteiger partial charge in [0.15, 0.2) is 6.29 Å². The zero-order valence-corrected chi connectivity index (χ0v) is 5.89. The standard InChI is InChI=1S/C6H13NO2/c1-8-6(9-2)4-3-5-7/h5-7H,3-4H2,1-2H3. The molecule has 0 aromatic rings. The van der Waals surface area contributed by atoms with Gasteiger partial charge >= 0.3 is 0 Å². The number of nitrogens with one attached hydrogen (secondary N) is 1. The molecule has 0 bridgehead atoms. The van der Waals surface area contributed by atoms with Crippen molar-refractivity contribution in [1.29, 1.82) is 5.41 Å². The van der Waals surface area contributed by atoms with Crippen molar-refractivity contribution in [2.24, 2.45) is 0 Å². The second kappa shape index (κ2) is 5.72. The lowest BCUT2D eigenvalue weighted by Crippen LogP contribution is -2.12. The van der Waals surface area contributed by atoms with Gasteiger partial charge in [-0.15, -0.1) is 0 Å². The van der Waals surface area contributed by atoms with E-state index in [0.717, 1.165) is 6.42 Å². The van der Waals surface area contributed by atoms with Crippen LogP contribution in [0.25, 0.3) is 0 Å². The van der Waals surface area contributed by atoms with Crippen LogP contribution in [0.2, 0.25) is 0 Å². The Morgan fingerprint density at radius 2 is 2.00 bits per heavy atom. The van der Waals surface area contributed by atoms with E-state index >= 15 is 0 Å². The Morgan fingerprint density at radius 1 is 1.44 bits per heavy atom. The Balaban J connectivity index is 3.19. The SMILES string of the molecule is COC(CCC=N)OC. The molecule has 0 aromatic carbocycles. The molecule has 0 fully saturated rings. The van der Waals surface area contributed by atoms with Gasteiger partial charge in [-0.2, -0.15) is 0 Å². The molecule has 0 saturated carbocycles. The van der Waals surface area contributed by atoms with Gasteiger partial charge in [-0.05, 0) is 12.6 Å². The molecule has 0 aliphatic heterocycles. The Labute approximate surface area is 55.5 Å². The maximum absolute atomic E-state index is 6.71. The van der Waals surface area contributed by atoms with Crippen LogP contribution in [0, 0.1) is 5.41 Å². The first kappa shape index (κ1) is 8.59. The quantitative estimate of drug-likeness (QED) is 0.447.